The molecule has 3 aromatic carbocycles. The lowest BCUT2D eigenvalue weighted by atomic mass is 9.97. The van der Waals surface area contributed by atoms with E-state index in [1.165, 1.54) is 18.3 Å². The van der Waals surface area contributed by atoms with E-state index in [0.29, 0.717) is 16.3 Å². The van der Waals surface area contributed by atoms with Crippen molar-refractivity contribution in [3.8, 4) is 17.0 Å². The van der Waals surface area contributed by atoms with Crippen LogP contribution in [0.5, 0.6) is 5.88 Å². The van der Waals surface area contributed by atoms with Gasteiger partial charge in [-0.3, -0.25) is 14.8 Å². The molecule has 0 aliphatic rings. The van der Waals surface area contributed by atoms with Gasteiger partial charge in [0.05, 0.1) is 17.0 Å². The molecule has 0 atom stereocenters. The van der Waals surface area contributed by atoms with Crippen LogP contribution in [0, 0.1) is 6.92 Å². The summed E-state index contributed by atoms with van der Waals surface area (Å²) in [4.78, 5) is 19.2. The molecule has 7 nitrogen and oxygen atoms in total. The van der Waals surface area contributed by atoms with Crippen LogP contribution in [-0.2, 0) is 16.6 Å². The molecule has 0 saturated carbocycles. The number of H-pyrrole nitrogens is 1. The highest BCUT2D eigenvalue weighted by Gasteiger charge is 2.12. The van der Waals surface area contributed by atoms with Gasteiger partial charge in [-0.2, -0.15) is 0 Å². The number of nitrogens with zero attached hydrogens (tertiary/aromatic N) is 1. The van der Waals surface area contributed by atoms with E-state index in [2.05, 4.69) is 9.98 Å². The number of aromatic nitrogens is 1. The van der Waals surface area contributed by atoms with Crippen molar-refractivity contribution in [3.63, 3.8) is 0 Å². The van der Waals surface area contributed by atoms with Crippen LogP contribution in [0.25, 0.3) is 21.9 Å². The molecule has 0 amide bonds. The molecule has 0 aliphatic heterocycles. The van der Waals surface area contributed by atoms with Crippen LogP contribution >= 0.6 is 0 Å². The van der Waals surface area contributed by atoms with Crippen LogP contribution in [0.4, 0.5) is 0 Å². The van der Waals surface area contributed by atoms with Crippen molar-refractivity contribution in [3.05, 3.63) is 93.8 Å². The van der Waals surface area contributed by atoms with Crippen molar-refractivity contribution in [2.45, 2.75) is 18.4 Å². The van der Waals surface area contributed by atoms with Gasteiger partial charge in [-0.1, -0.05) is 42.5 Å². The van der Waals surface area contributed by atoms with Gasteiger partial charge >= 0.3 is 0 Å². The molecular formula is C24H21N3O4S. The molecule has 4 aromatic rings. The zero-order valence-corrected chi connectivity index (χ0v) is 18.1. The first kappa shape index (κ1) is 21.5. The molecule has 32 heavy (non-hydrogen) atoms. The Hall–Kier alpha value is -3.75. The van der Waals surface area contributed by atoms with E-state index in [4.69, 9.17) is 5.14 Å². The van der Waals surface area contributed by atoms with E-state index < -0.39 is 10.0 Å². The van der Waals surface area contributed by atoms with Crippen molar-refractivity contribution in [2.24, 2.45) is 10.1 Å². The number of aromatic hydroxyl groups is 1. The van der Waals surface area contributed by atoms with E-state index in [9.17, 15) is 18.3 Å². The van der Waals surface area contributed by atoms with Crippen molar-refractivity contribution >= 4 is 27.0 Å². The first-order valence-electron chi connectivity index (χ1n) is 9.80. The number of benzene rings is 3. The quantitative estimate of drug-likeness (QED) is 0.405. The molecule has 0 saturated heterocycles. The number of primary sulfonamides is 1. The Kier molecular flexibility index (Phi) is 5.65. The Bertz CT molecular complexity index is 1510. The maximum Gasteiger partial charge on any atom is 0.258 e. The van der Waals surface area contributed by atoms with E-state index in [1.54, 1.807) is 18.2 Å². The lowest BCUT2D eigenvalue weighted by Crippen LogP contribution is -2.11. The number of aliphatic imine (C=N–C) groups is 1. The number of hydrogen-bond donors (Lipinski definition) is 3. The molecule has 162 valence electrons. The number of fused-ring (bicyclic) bond motifs is 1. The highest BCUT2D eigenvalue weighted by molar-refractivity contribution is 7.89. The van der Waals surface area contributed by atoms with E-state index in [1.807, 2.05) is 43.3 Å². The highest BCUT2D eigenvalue weighted by atomic mass is 32.2. The summed E-state index contributed by atoms with van der Waals surface area (Å²) in [5, 5.41) is 16.5. The zero-order valence-electron chi connectivity index (χ0n) is 17.2. The number of aryl methyl sites for hydroxylation is 1. The summed E-state index contributed by atoms with van der Waals surface area (Å²) in [5.74, 6) is -0.266. The van der Waals surface area contributed by atoms with Gasteiger partial charge in [0.1, 0.15) is 0 Å². The smallest absolute Gasteiger partial charge is 0.258 e. The zero-order chi connectivity index (χ0) is 22.9. The molecule has 0 unspecified atom stereocenters. The summed E-state index contributed by atoms with van der Waals surface area (Å²) in [7, 11) is -3.75. The summed E-state index contributed by atoms with van der Waals surface area (Å²) in [5.41, 5.74) is 3.84. The molecule has 0 bridgehead atoms. The Morgan fingerprint density at radius 2 is 1.75 bits per heavy atom. The molecule has 0 radical (unpaired) electrons. The van der Waals surface area contributed by atoms with Crippen LogP contribution in [0.2, 0.25) is 0 Å². The third-order valence-corrected chi connectivity index (χ3v) is 6.17. The molecule has 8 heteroatoms. The predicted octanol–water partition coefficient (Wildman–Crippen LogP) is 3.48. The Morgan fingerprint density at radius 1 is 1.03 bits per heavy atom. The predicted molar refractivity (Wildman–Crippen MR) is 126 cm³/mol. The Balaban J connectivity index is 1.72. The first-order valence-corrected chi connectivity index (χ1v) is 11.4. The summed E-state index contributed by atoms with van der Waals surface area (Å²) < 4.78 is 22.8. The number of nitrogens with two attached hydrogens (primary N) is 1. The van der Waals surface area contributed by atoms with Crippen LogP contribution in [0.1, 0.15) is 16.7 Å². The Morgan fingerprint density at radius 3 is 2.44 bits per heavy atom. The van der Waals surface area contributed by atoms with E-state index in [0.717, 1.165) is 22.3 Å². The molecular weight excluding hydrogens is 426 g/mol. The van der Waals surface area contributed by atoms with Gasteiger partial charge in [-0.25, -0.2) is 13.6 Å². The maximum absolute atomic E-state index is 12.4. The molecule has 4 N–H and O–H groups in total. The lowest BCUT2D eigenvalue weighted by molar-refractivity contribution is 0.452. The normalized spacial score (nSPS) is 11.9. The number of pyridine rings is 1. The van der Waals surface area contributed by atoms with Gasteiger partial charge in [-0.15, -0.1) is 0 Å². The van der Waals surface area contributed by atoms with E-state index >= 15 is 0 Å². The largest absolute Gasteiger partial charge is 0.494 e. The van der Waals surface area contributed by atoms with Gasteiger partial charge in [0, 0.05) is 17.0 Å². The van der Waals surface area contributed by atoms with Gasteiger partial charge in [0.25, 0.3) is 5.56 Å². The molecule has 1 aromatic heterocycles. The second-order valence-electron chi connectivity index (χ2n) is 7.45. The molecule has 1 heterocycles. The van der Waals surface area contributed by atoms with Gasteiger partial charge in [-0.05, 0) is 53.4 Å². The monoisotopic (exact) mass is 447 g/mol. The fraction of sp³-hybridized carbons (Fsp3) is 0.0833. The van der Waals surface area contributed by atoms with Crippen molar-refractivity contribution in [2.75, 3.05) is 0 Å². The van der Waals surface area contributed by atoms with Crippen molar-refractivity contribution < 1.29 is 13.5 Å². The number of sulfonamides is 1. The van der Waals surface area contributed by atoms with Gasteiger partial charge < -0.3 is 5.11 Å². The van der Waals surface area contributed by atoms with Crippen molar-refractivity contribution in [1.82, 2.24) is 4.98 Å². The summed E-state index contributed by atoms with van der Waals surface area (Å²) in [6.45, 7) is 2.26. The number of aromatic amines is 1. The minimum absolute atomic E-state index is 0.0261. The van der Waals surface area contributed by atoms with Crippen LogP contribution in [0.15, 0.2) is 81.4 Å². The summed E-state index contributed by atoms with van der Waals surface area (Å²) in [6.07, 6.45) is 1.50. The summed E-state index contributed by atoms with van der Waals surface area (Å²) in [6, 6.07) is 19.5. The fourth-order valence-corrected chi connectivity index (χ4v) is 4.07. The number of hydrogen-bond acceptors (Lipinski definition) is 5. The average Bonchev–Trinajstić information content (AvgIpc) is 2.75. The fourth-order valence-electron chi connectivity index (χ4n) is 3.56. The SMILES string of the molecule is Cc1ccccc1-c1ccc2c(=O)[nH]c(O)c(C=NCc3ccc(S(N)(=O)=O)cc3)c2c1. The Labute approximate surface area is 184 Å². The minimum atomic E-state index is -3.75. The first-order chi connectivity index (χ1) is 15.2. The standard InChI is InChI=1S/C24H21N3O4S/c1-15-4-2-3-5-19(15)17-8-11-20-21(12-17)22(24(29)27-23(20)28)14-26-13-16-6-9-18(10-7-16)32(25,30)31/h2-12,14H,13H2,1H3,(H2,25,30,31)(H2,27,28,29). The second kappa shape index (κ2) is 8.41. The highest BCUT2D eigenvalue weighted by Crippen LogP contribution is 2.29. The third-order valence-electron chi connectivity index (χ3n) is 5.24. The molecule has 0 spiro atoms. The third kappa shape index (κ3) is 4.32. The molecule has 0 fully saturated rings. The van der Waals surface area contributed by atoms with Crippen molar-refractivity contribution in [1.29, 1.82) is 0 Å². The average molecular weight is 448 g/mol. The minimum Gasteiger partial charge on any atom is -0.494 e. The van der Waals surface area contributed by atoms with Gasteiger partial charge in [0.2, 0.25) is 15.9 Å². The van der Waals surface area contributed by atoms with Crippen LogP contribution in [0.3, 0.4) is 0 Å². The lowest BCUT2D eigenvalue weighted by Gasteiger charge is -2.09. The van der Waals surface area contributed by atoms with Gasteiger partial charge in [0.15, 0.2) is 0 Å². The topological polar surface area (TPSA) is 126 Å². The van der Waals surface area contributed by atoms with Crippen LogP contribution in [-0.4, -0.2) is 24.7 Å². The number of rotatable bonds is 5. The van der Waals surface area contributed by atoms with Crippen LogP contribution < -0.4 is 10.7 Å². The molecule has 0 aliphatic carbocycles. The number of nitrogens with one attached hydrogen (secondary N) is 1. The summed E-state index contributed by atoms with van der Waals surface area (Å²) >= 11 is 0. The van der Waals surface area contributed by atoms with E-state index in [-0.39, 0.29) is 22.9 Å². The second-order valence-corrected chi connectivity index (χ2v) is 9.01. The maximum atomic E-state index is 12.4. The molecule has 4 rings (SSSR count).